The molecule has 0 fully saturated rings. The molecular formula is C19H17N5O4S2. The van der Waals surface area contributed by atoms with Crippen LogP contribution < -0.4 is 4.72 Å². The highest BCUT2D eigenvalue weighted by Crippen LogP contribution is 2.26. The van der Waals surface area contributed by atoms with Gasteiger partial charge in [-0.3, -0.25) is 15.0 Å². The molecular weight excluding hydrogens is 426 g/mol. The summed E-state index contributed by atoms with van der Waals surface area (Å²) >= 11 is 1.52. The van der Waals surface area contributed by atoms with Gasteiger partial charge in [-0.2, -0.15) is 0 Å². The van der Waals surface area contributed by atoms with E-state index in [2.05, 4.69) is 19.7 Å². The molecule has 11 heteroatoms. The van der Waals surface area contributed by atoms with Crippen LogP contribution in [-0.2, 0) is 10.0 Å². The van der Waals surface area contributed by atoms with Crippen molar-refractivity contribution >= 4 is 38.3 Å². The maximum absolute atomic E-state index is 12.7. The van der Waals surface area contributed by atoms with Crippen LogP contribution in [0.3, 0.4) is 0 Å². The van der Waals surface area contributed by atoms with Crippen LogP contribution >= 0.6 is 11.3 Å². The predicted octanol–water partition coefficient (Wildman–Crippen LogP) is 2.50. The summed E-state index contributed by atoms with van der Waals surface area (Å²) in [6.07, 6.45) is 2.73. The molecule has 3 N–H and O–H groups in total. The van der Waals surface area contributed by atoms with Gasteiger partial charge in [0.25, 0.3) is 5.91 Å². The lowest BCUT2D eigenvalue weighted by Gasteiger charge is -2.15. The molecule has 0 aliphatic heterocycles. The molecule has 4 aromatic rings. The fourth-order valence-electron chi connectivity index (χ4n) is 2.86. The Morgan fingerprint density at radius 3 is 2.70 bits per heavy atom. The lowest BCUT2D eigenvalue weighted by Crippen LogP contribution is -2.36. The second-order valence-corrected chi connectivity index (χ2v) is 8.99. The van der Waals surface area contributed by atoms with E-state index in [-0.39, 0.29) is 23.5 Å². The Morgan fingerprint density at radius 1 is 1.17 bits per heavy atom. The number of para-hydroxylation sites is 1. The molecule has 0 aliphatic rings. The summed E-state index contributed by atoms with van der Waals surface area (Å²) < 4.78 is 26.8. The number of fused-ring (bicyclic) bond motifs is 1. The number of hydroxylamine groups is 2. The van der Waals surface area contributed by atoms with Gasteiger partial charge in [0.05, 0.1) is 27.4 Å². The molecule has 0 bridgehead atoms. The van der Waals surface area contributed by atoms with Gasteiger partial charge in [-0.05, 0) is 35.7 Å². The van der Waals surface area contributed by atoms with Crippen molar-refractivity contribution in [2.45, 2.75) is 4.90 Å². The minimum Gasteiger partial charge on any atom is -0.337 e. The predicted molar refractivity (Wildman–Crippen MR) is 112 cm³/mol. The van der Waals surface area contributed by atoms with E-state index in [9.17, 15) is 18.4 Å². The molecule has 3 heterocycles. The van der Waals surface area contributed by atoms with Gasteiger partial charge in [-0.15, -0.1) is 11.3 Å². The smallest absolute Gasteiger partial charge is 0.279 e. The van der Waals surface area contributed by atoms with Gasteiger partial charge >= 0.3 is 0 Å². The lowest BCUT2D eigenvalue weighted by molar-refractivity contribution is -0.0560. The summed E-state index contributed by atoms with van der Waals surface area (Å²) in [5.74, 6) is -0.0391. The minimum absolute atomic E-state index is 0.0516. The number of carbonyl (C=O) groups is 1. The van der Waals surface area contributed by atoms with Gasteiger partial charge in [0.2, 0.25) is 10.0 Å². The van der Waals surface area contributed by atoms with Crippen molar-refractivity contribution < 1.29 is 18.4 Å². The van der Waals surface area contributed by atoms with Crippen LogP contribution in [0.2, 0.25) is 0 Å². The fourth-order valence-corrected chi connectivity index (χ4v) is 4.54. The zero-order valence-electron chi connectivity index (χ0n) is 15.5. The van der Waals surface area contributed by atoms with E-state index in [1.54, 1.807) is 18.2 Å². The van der Waals surface area contributed by atoms with E-state index in [1.807, 2.05) is 17.5 Å². The van der Waals surface area contributed by atoms with Gasteiger partial charge < -0.3 is 4.98 Å². The zero-order chi connectivity index (χ0) is 21.1. The standard InChI is InChI=1S/C19H17N5O4S2/c25-19(24(26)11-10-21-30(27,28)13-6-8-20-9-7-13)14-3-1-4-15-17(14)23-18(22-15)16-5-2-12-29-16/h1-9,12,21,26H,10-11H2,(H,22,23). The van der Waals surface area contributed by atoms with Crippen LogP contribution in [0.15, 0.2) is 65.1 Å². The van der Waals surface area contributed by atoms with Crippen LogP contribution in [0.4, 0.5) is 0 Å². The van der Waals surface area contributed by atoms with E-state index in [0.717, 1.165) is 4.88 Å². The molecule has 30 heavy (non-hydrogen) atoms. The third-order valence-corrected chi connectivity index (χ3v) is 6.66. The number of pyridine rings is 1. The Kier molecular flexibility index (Phi) is 5.59. The molecule has 1 amide bonds. The number of rotatable bonds is 7. The fraction of sp³-hybridized carbons (Fsp3) is 0.105. The van der Waals surface area contributed by atoms with Crippen LogP contribution in [0.25, 0.3) is 21.7 Å². The quantitative estimate of drug-likeness (QED) is 0.297. The Balaban J connectivity index is 1.47. The number of hydrogen-bond donors (Lipinski definition) is 3. The van der Waals surface area contributed by atoms with Gasteiger partial charge in [0, 0.05) is 18.9 Å². The number of carbonyl (C=O) groups excluding carboxylic acids is 1. The first-order valence-corrected chi connectivity index (χ1v) is 11.2. The molecule has 0 saturated carbocycles. The Morgan fingerprint density at radius 2 is 1.97 bits per heavy atom. The minimum atomic E-state index is -3.76. The number of nitrogens with one attached hydrogen (secondary N) is 2. The number of H-pyrrole nitrogens is 1. The van der Waals surface area contributed by atoms with Crippen LogP contribution in [-0.4, -0.2) is 52.6 Å². The summed E-state index contributed by atoms with van der Waals surface area (Å²) in [4.78, 5) is 25.1. The zero-order valence-corrected chi connectivity index (χ0v) is 17.2. The largest absolute Gasteiger partial charge is 0.337 e. The number of imidazole rings is 1. The Labute approximate surface area is 176 Å². The number of amides is 1. The van der Waals surface area contributed by atoms with Crippen molar-refractivity contribution in [3.05, 3.63) is 65.8 Å². The molecule has 0 radical (unpaired) electrons. The number of aromatic amines is 1. The third-order valence-electron chi connectivity index (χ3n) is 4.31. The summed E-state index contributed by atoms with van der Waals surface area (Å²) in [5, 5.41) is 12.6. The number of thiophene rings is 1. The summed E-state index contributed by atoms with van der Waals surface area (Å²) in [6.45, 7) is -0.397. The van der Waals surface area contributed by atoms with Crippen molar-refractivity contribution in [1.29, 1.82) is 0 Å². The first-order chi connectivity index (χ1) is 14.5. The number of hydrogen-bond acceptors (Lipinski definition) is 7. The number of nitrogens with zero attached hydrogens (tertiary/aromatic N) is 3. The molecule has 0 unspecified atom stereocenters. The molecule has 4 rings (SSSR count). The Hall–Kier alpha value is -3.12. The van der Waals surface area contributed by atoms with Crippen LogP contribution in [0.5, 0.6) is 0 Å². The summed E-state index contributed by atoms with van der Waals surface area (Å²) in [6, 6.07) is 11.6. The average molecular weight is 444 g/mol. The monoisotopic (exact) mass is 443 g/mol. The molecule has 3 aromatic heterocycles. The number of benzene rings is 1. The first-order valence-electron chi connectivity index (χ1n) is 8.89. The lowest BCUT2D eigenvalue weighted by atomic mass is 10.1. The number of sulfonamides is 1. The summed E-state index contributed by atoms with van der Waals surface area (Å²) in [7, 11) is -3.76. The average Bonchev–Trinajstić information content (AvgIpc) is 3.43. The molecule has 0 spiro atoms. The molecule has 154 valence electrons. The van der Waals surface area contributed by atoms with Crippen molar-refractivity contribution in [2.24, 2.45) is 0 Å². The highest BCUT2D eigenvalue weighted by molar-refractivity contribution is 7.89. The molecule has 1 aromatic carbocycles. The van der Waals surface area contributed by atoms with Crippen molar-refractivity contribution in [3.8, 4) is 10.7 Å². The molecule has 0 atom stereocenters. The topological polar surface area (TPSA) is 128 Å². The van der Waals surface area contributed by atoms with Gasteiger partial charge in [0.15, 0.2) is 0 Å². The van der Waals surface area contributed by atoms with Crippen LogP contribution in [0, 0.1) is 0 Å². The van der Waals surface area contributed by atoms with Gasteiger partial charge in [-0.25, -0.2) is 23.2 Å². The van der Waals surface area contributed by atoms with E-state index in [4.69, 9.17) is 0 Å². The summed E-state index contributed by atoms with van der Waals surface area (Å²) in [5.41, 5.74) is 1.31. The Bertz CT molecular complexity index is 1270. The first kappa shape index (κ1) is 20.2. The highest BCUT2D eigenvalue weighted by Gasteiger charge is 2.20. The van der Waals surface area contributed by atoms with E-state index >= 15 is 0 Å². The third kappa shape index (κ3) is 4.09. The molecule has 0 aliphatic carbocycles. The SMILES string of the molecule is O=C(c1cccc2[nH]c(-c3cccs3)nc12)N(O)CCNS(=O)(=O)c1ccncc1. The van der Waals surface area contributed by atoms with Crippen LogP contribution in [0.1, 0.15) is 10.4 Å². The normalized spacial score (nSPS) is 11.6. The van der Waals surface area contributed by atoms with E-state index in [0.29, 0.717) is 21.9 Å². The number of aromatic nitrogens is 3. The molecule has 9 nitrogen and oxygen atoms in total. The van der Waals surface area contributed by atoms with Gasteiger partial charge in [0.1, 0.15) is 11.3 Å². The second-order valence-electron chi connectivity index (χ2n) is 6.27. The van der Waals surface area contributed by atoms with Crippen molar-refractivity contribution in [3.63, 3.8) is 0 Å². The van der Waals surface area contributed by atoms with Crippen molar-refractivity contribution in [2.75, 3.05) is 13.1 Å². The van der Waals surface area contributed by atoms with Gasteiger partial charge in [-0.1, -0.05) is 12.1 Å². The van der Waals surface area contributed by atoms with Crippen molar-refractivity contribution in [1.82, 2.24) is 24.7 Å². The second kappa shape index (κ2) is 8.32. The maximum atomic E-state index is 12.7. The highest BCUT2D eigenvalue weighted by atomic mass is 32.2. The molecule has 0 saturated heterocycles. The maximum Gasteiger partial charge on any atom is 0.279 e. The van der Waals surface area contributed by atoms with E-state index < -0.39 is 15.9 Å². The van der Waals surface area contributed by atoms with E-state index in [1.165, 1.54) is 35.9 Å².